The van der Waals surface area contributed by atoms with E-state index in [0.29, 0.717) is 39.1 Å². The summed E-state index contributed by atoms with van der Waals surface area (Å²) in [6, 6.07) is 5.10. The highest BCUT2D eigenvalue weighted by atomic mass is 32.2. The lowest BCUT2D eigenvalue weighted by molar-refractivity contribution is -0.113. The first-order valence-electron chi connectivity index (χ1n) is 10.2. The van der Waals surface area contributed by atoms with Crippen LogP contribution >= 0.6 is 11.8 Å². The maximum absolute atomic E-state index is 13.0. The molecule has 0 spiro atoms. The fourth-order valence-electron chi connectivity index (χ4n) is 3.34. The summed E-state index contributed by atoms with van der Waals surface area (Å²) in [6.45, 7) is 5.85. The monoisotopic (exact) mass is 460 g/mol. The number of carbonyl (C=O) groups excluding carboxylic acids is 1. The lowest BCUT2D eigenvalue weighted by Crippen LogP contribution is -2.26. The van der Waals surface area contributed by atoms with Crippen molar-refractivity contribution in [3.8, 4) is 17.2 Å². The first kappa shape index (κ1) is 23.5. The molecule has 172 valence electrons. The summed E-state index contributed by atoms with van der Waals surface area (Å²) in [4.78, 5) is 33.4. The standard InChI is InChI=1S/C22H28N4O5S/c1-7-13(3)26-21(28)19-15(8-12(2)23-19)25-22(26)32-11-18(27)24-14-9-16(29-4)20(31-6)17(10-14)30-5/h8-10,13,23H,7,11H2,1-6H3,(H,24,27)/t13-/m1/s1. The number of hydrogen-bond acceptors (Lipinski definition) is 7. The molecule has 1 atom stereocenters. The minimum absolute atomic E-state index is 0.0522. The SMILES string of the molecule is CC[C@@H](C)n1c(SCC(=O)Nc2cc(OC)c(OC)c(OC)c2)nc2cc(C)[nH]c2c1=O. The Morgan fingerprint density at radius 3 is 2.41 bits per heavy atom. The fraction of sp³-hybridized carbons (Fsp3) is 0.409. The molecule has 3 aromatic rings. The highest BCUT2D eigenvalue weighted by Crippen LogP contribution is 2.40. The number of aryl methyl sites for hydroxylation is 1. The second kappa shape index (κ2) is 9.99. The smallest absolute Gasteiger partial charge is 0.278 e. The molecule has 1 amide bonds. The zero-order chi connectivity index (χ0) is 23.4. The highest BCUT2D eigenvalue weighted by molar-refractivity contribution is 7.99. The number of anilines is 1. The Morgan fingerprint density at radius 1 is 1.19 bits per heavy atom. The van der Waals surface area contributed by atoms with Gasteiger partial charge in [0.05, 0.1) is 32.6 Å². The first-order valence-corrected chi connectivity index (χ1v) is 11.2. The summed E-state index contributed by atoms with van der Waals surface area (Å²) >= 11 is 1.22. The van der Waals surface area contributed by atoms with Crippen LogP contribution in [-0.4, -0.2) is 47.5 Å². The van der Waals surface area contributed by atoms with Crippen LogP contribution in [0.3, 0.4) is 0 Å². The first-order chi connectivity index (χ1) is 15.3. The summed E-state index contributed by atoms with van der Waals surface area (Å²) in [6.07, 6.45) is 0.762. The van der Waals surface area contributed by atoms with E-state index in [4.69, 9.17) is 14.2 Å². The number of aromatic amines is 1. The predicted octanol–water partition coefficient (Wildman–Crippen LogP) is 3.76. The topological polar surface area (TPSA) is 107 Å². The van der Waals surface area contributed by atoms with E-state index in [1.54, 1.807) is 16.7 Å². The molecule has 3 rings (SSSR count). The molecule has 1 aromatic carbocycles. The third kappa shape index (κ3) is 4.69. The Hall–Kier alpha value is -3.14. The van der Waals surface area contributed by atoms with Crippen molar-refractivity contribution in [3.63, 3.8) is 0 Å². The molecule has 10 heteroatoms. The minimum atomic E-state index is -0.250. The molecule has 0 aliphatic rings. The number of nitrogens with zero attached hydrogens (tertiary/aromatic N) is 2. The van der Waals surface area contributed by atoms with Crippen LogP contribution in [0.5, 0.6) is 17.2 Å². The van der Waals surface area contributed by atoms with Gasteiger partial charge in [0.15, 0.2) is 16.7 Å². The molecule has 0 saturated heterocycles. The van der Waals surface area contributed by atoms with Gasteiger partial charge in [-0.2, -0.15) is 0 Å². The van der Waals surface area contributed by atoms with E-state index >= 15 is 0 Å². The number of methoxy groups -OCH3 is 3. The van der Waals surface area contributed by atoms with Gasteiger partial charge in [-0.05, 0) is 26.3 Å². The van der Waals surface area contributed by atoms with Crippen molar-refractivity contribution in [1.82, 2.24) is 14.5 Å². The van der Waals surface area contributed by atoms with Crippen LogP contribution in [0.15, 0.2) is 28.2 Å². The van der Waals surface area contributed by atoms with Gasteiger partial charge in [0.1, 0.15) is 5.52 Å². The zero-order valence-corrected chi connectivity index (χ0v) is 19.9. The Labute approximate surface area is 190 Å². The van der Waals surface area contributed by atoms with Gasteiger partial charge < -0.3 is 24.5 Å². The van der Waals surface area contributed by atoms with Gasteiger partial charge >= 0.3 is 0 Å². The van der Waals surface area contributed by atoms with Crippen LogP contribution in [0.25, 0.3) is 11.0 Å². The molecule has 2 aromatic heterocycles. The number of H-pyrrole nitrogens is 1. The number of carbonyl (C=O) groups is 1. The van der Waals surface area contributed by atoms with Crippen molar-refractivity contribution in [2.24, 2.45) is 0 Å². The number of thioether (sulfide) groups is 1. The molecule has 32 heavy (non-hydrogen) atoms. The predicted molar refractivity (Wildman–Crippen MR) is 126 cm³/mol. The number of aromatic nitrogens is 3. The maximum atomic E-state index is 13.0. The molecule has 2 N–H and O–H groups in total. The molecule has 0 saturated carbocycles. The van der Waals surface area contributed by atoms with Crippen molar-refractivity contribution in [2.45, 2.75) is 38.4 Å². The average molecular weight is 461 g/mol. The molecule has 0 fully saturated rings. The van der Waals surface area contributed by atoms with Gasteiger partial charge in [-0.1, -0.05) is 18.7 Å². The van der Waals surface area contributed by atoms with Crippen LogP contribution in [0, 0.1) is 6.92 Å². The Kier molecular flexibility index (Phi) is 7.34. The number of nitrogens with one attached hydrogen (secondary N) is 2. The van der Waals surface area contributed by atoms with Gasteiger partial charge in [0.2, 0.25) is 11.7 Å². The van der Waals surface area contributed by atoms with Gasteiger partial charge in [-0.3, -0.25) is 14.2 Å². The van der Waals surface area contributed by atoms with Gasteiger partial charge in [0.25, 0.3) is 5.56 Å². The van der Waals surface area contributed by atoms with Gasteiger partial charge in [0, 0.05) is 29.6 Å². The van der Waals surface area contributed by atoms with E-state index < -0.39 is 0 Å². The molecule has 0 aliphatic carbocycles. The molecule has 9 nitrogen and oxygen atoms in total. The van der Waals surface area contributed by atoms with Crippen molar-refractivity contribution in [1.29, 1.82) is 0 Å². The van der Waals surface area contributed by atoms with Crippen molar-refractivity contribution in [3.05, 3.63) is 34.2 Å². The Morgan fingerprint density at radius 2 is 1.84 bits per heavy atom. The van der Waals surface area contributed by atoms with Crippen LogP contribution in [0.2, 0.25) is 0 Å². The third-order valence-corrected chi connectivity index (χ3v) is 6.05. The maximum Gasteiger partial charge on any atom is 0.278 e. The zero-order valence-electron chi connectivity index (χ0n) is 19.1. The van der Waals surface area contributed by atoms with Crippen LogP contribution < -0.4 is 25.1 Å². The second-order valence-corrected chi connectivity index (χ2v) is 8.23. The highest BCUT2D eigenvalue weighted by Gasteiger charge is 2.19. The van der Waals surface area contributed by atoms with E-state index in [2.05, 4.69) is 15.3 Å². The van der Waals surface area contributed by atoms with Crippen molar-refractivity contribution >= 4 is 34.4 Å². The summed E-state index contributed by atoms with van der Waals surface area (Å²) in [5.41, 5.74) is 2.32. The Bertz CT molecular complexity index is 1160. The molecule has 0 aliphatic heterocycles. The van der Waals surface area contributed by atoms with Crippen molar-refractivity contribution < 1.29 is 19.0 Å². The molecular formula is C22H28N4O5S. The van der Waals surface area contributed by atoms with Crippen LogP contribution in [-0.2, 0) is 4.79 Å². The number of fused-ring (bicyclic) bond motifs is 1. The summed E-state index contributed by atoms with van der Waals surface area (Å²) in [5.74, 6) is 1.15. The molecule has 0 radical (unpaired) electrons. The largest absolute Gasteiger partial charge is 0.493 e. The lowest BCUT2D eigenvalue weighted by Gasteiger charge is -2.17. The number of amides is 1. The van der Waals surface area contributed by atoms with E-state index in [-0.39, 0.29) is 23.3 Å². The minimum Gasteiger partial charge on any atom is -0.493 e. The molecular weight excluding hydrogens is 432 g/mol. The van der Waals surface area contributed by atoms with E-state index in [1.807, 2.05) is 26.8 Å². The second-order valence-electron chi connectivity index (χ2n) is 7.29. The van der Waals surface area contributed by atoms with E-state index in [9.17, 15) is 9.59 Å². The van der Waals surface area contributed by atoms with Crippen LogP contribution in [0.1, 0.15) is 32.0 Å². The third-order valence-electron chi connectivity index (χ3n) is 5.10. The summed E-state index contributed by atoms with van der Waals surface area (Å²) in [5, 5.41) is 3.34. The van der Waals surface area contributed by atoms with Crippen LogP contribution in [0.4, 0.5) is 5.69 Å². The Balaban J connectivity index is 1.84. The summed E-state index contributed by atoms with van der Waals surface area (Å²) in [7, 11) is 4.54. The van der Waals surface area contributed by atoms with Gasteiger partial charge in [-0.25, -0.2) is 4.98 Å². The number of rotatable bonds is 9. The van der Waals surface area contributed by atoms with E-state index in [0.717, 1.165) is 12.1 Å². The normalized spacial score (nSPS) is 11.9. The lowest BCUT2D eigenvalue weighted by atomic mass is 10.2. The molecule has 2 heterocycles. The molecule has 0 unspecified atom stereocenters. The number of hydrogen-bond donors (Lipinski definition) is 2. The summed E-state index contributed by atoms with van der Waals surface area (Å²) < 4.78 is 17.6. The fourth-order valence-corrected chi connectivity index (χ4v) is 4.24. The average Bonchev–Trinajstić information content (AvgIpc) is 3.17. The number of benzene rings is 1. The quantitative estimate of drug-likeness (QED) is 0.370. The van der Waals surface area contributed by atoms with E-state index in [1.165, 1.54) is 33.1 Å². The number of ether oxygens (including phenoxy) is 3. The van der Waals surface area contributed by atoms with Crippen molar-refractivity contribution in [2.75, 3.05) is 32.4 Å². The van der Waals surface area contributed by atoms with Gasteiger partial charge in [-0.15, -0.1) is 0 Å². The molecule has 0 bridgehead atoms.